The molecule has 0 spiro atoms. The molecule has 0 aliphatic carbocycles. The van der Waals surface area contributed by atoms with Gasteiger partial charge in [0.25, 0.3) is 0 Å². The molecule has 0 radical (unpaired) electrons. The van der Waals surface area contributed by atoms with Crippen molar-refractivity contribution in [3.8, 4) is 0 Å². The number of aryl methyl sites for hydroxylation is 1. The Morgan fingerprint density at radius 1 is 1.13 bits per heavy atom. The molecule has 0 saturated heterocycles. The van der Waals surface area contributed by atoms with Gasteiger partial charge in [0.2, 0.25) is 10.0 Å². The standard InChI is InChI=1S/C14H12F4N2O2S/c1-9-2-4-10(5-3-9)13(14(16,17)18)20-23(21,22)12-6-11(15)7-19-8-12/h2-8,13,20H,1H3/t13-/m1/s1. The Labute approximate surface area is 130 Å². The predicted octanol–water partition coefficient (Wildman–Crippen LogP) is 3.11. The maximum absolute atomic E-state index is 13.2. The van der Waals surface area contributed by atoms with Crippen molar-refractivity contribution in [2.24, 2.45) is 0 Å². The van der Waals surface area contributed by atoms with Crippen molar-refractivity contribution in [3.05, 3.63) is 59.7 Å². The molecule has 0 bridgehead atoms. The van der Waals surface area contributed by atoms with Crippen molar-refractivity contribution in [3.63, 3.8) is 0 Å². The Kier molecular flexibility index (Phi) is 4.71. The molecule has 124 valence electrons. The first-order chi connectivity index (χ1) is 10.6. The third-order valence-corrected chi connectivity index (χ3v) is 4.39. The summed E-state index contributed by atoms with van der Waals surface area (Å²) in [4.78, 5) is 2.65. The number of alkyl halides is 3. The number of sulfonamides is 1. The molecule has 1 heterocycles. The molecular formula is C14H12F4N2O2S. The van der Waals surface area contributed by atoms with E-state index in [-0.39, 0.29) is 5.56 Å². The van der Waals surface area contributed by atoms with E-state index in [1.807, 2.05) is 0 Å². The Bertz CT molecular complexity index is 789. The van der Waals surface area contributed by atoms with Crippen molar-refractivity contribution in [2.45, 2.75) is 24.0 Å². The summed E-state index contributed by atoms with van der Waals surface area (Å²) in [6, 6.07) is 3.38. The highest BCUT2D eigenvalue weighted by molar-refractivity contribution is 7.89. The maximum Gasteiger partial charge on any atom is 0.408 e. The highest BCUT2D eigenvalue weighted by Gasteiger charge is 2.43. The zero-order valence-corrected chi connectivity index (χ0v) is 12.6. The molecule has 0 fully saturated rings. The number of aromatic nitrogens is 1. The van der Waals surface area contributed by atoms with E-state index >= 15 is 0 Å². The molecule has 0 amide bonds. The van der Waals surface area contributed by atoms with E-state index in [9.17, 15) is 26.0 Å². The van der Waals surface area contributed by atoms with E-state index in [1.54, 1.807) is 11.6 Å². The van der Waals surface area contributed by atoms with Crippen LogP contribution in [0.3, 0.4) is 0 Å². The van der Waals surface area contributed by atoms with Crippen molar-refractivity contribution in [1.82, 2.24) is 9.71 Å². The molecule has 1 aromatic heterocycles. The van der Waals surface area contributed by atoms with Crippen molar-refractivity contribution in [2.75, 3.05) is 0 Å². The average Bonchev–Trinajstić information content (AvgIpc) is 2.45. The molecule has 0 aliphatic heterocycles. The maximum atomic E-state index is 13.2. The van der Waals surface area contributed by atoms with Gasteiger partial charge in [-0.15, -0.1) is 0 Å². The Hall–Kier alpha value is -2.00. The number of nitrogens with one attached hydrogen (secondary N) is 1. The molecule has 2 rings (SSSR count). The summed E-state index contributed by atoms with van der Waals surface area (Å²) in [6.45, 7) is 1.69. The van der Waals surface area contributed by atoms with Crippen LogP contribution in [0.2, 0.25) is 0 Å². The van der Waals surface area contributed by atoms with Gasteiger partial charge in [-0.3, -0.25) is 4.98 Å². The minimum atomic E-state index is -4.86. The van der Waals surface area contributed by atoms with E-state index in [0.717, 1.165) is 18.0 Å². The first-order valence-electron chi connectivity index (χ1n) is 6.36. The number of rotatable bonds is 4. The largest absolute Gasteiger partial charge is 0.408 e. The fraction of sp³-hybridized carbons (Fsp3) is 0.214. The van der Waals surface area contributed by atoms with Crippen molar-refractivity contribution < 1.29 is 26.0 Å². The second kappa shape index (κ2) is 6.25. The van der Waals surface area contributed by atoms with Crippen LogP contribution >= 0.6 is 0 Å². The van der Waals surface area contributed by atoms with E-state index < -0.39 is 33.0 Å². The first kappa shape index (κ1) is 17.4. The number of hydrogen-bond acceptors (Lipinski definition) is 3. The monoisotopic (exact) mass is 348 g/mol. The summed E-state index contributed by atoms with van der Waals surface area (Å²) in [7, 11) is -4.60. The molecule has 0 unspecified atom stereocenters. The van der Waals surface area contributed by atoms with E-state index in [2.05, 4.69) is 4.98 Å². The van der Waals surface area contributed by atoms with Gasteiger partial charge < -0.3 is 0 Å². The van der Waals surface area contributed by atoms with E-state index in [0.29, 0.717) is 6.07 Å². The second-order valence-corrected chi connectivity index (χ2v) is 6.56. The molecule has 0 aliphatic rings. The van der Waals surface area contributed by atoms with E-state index in [1.165, 1.54) is 24.3 Å². The van der Waals surface area contributed by atoms with Crippen LogP contribution in [0.15, 0.2) is 47.6 Å². The summed E-state index contributed by atoms with van der Waals surface area (Å²) < 4.78 is 78.4. The lowest BCUT2D eigenvalue weighted by atomic mass is 10.1. The average molecular weight is 348 g/mol. The van der Waals surface area contributed by atoms with Gasteiger partial charge in [0.05, 0.1) is 6.20 Å². The number of benzene rings is 1. The lowest BCUT2D eigenvalue weighted by molar-refractivity contribution is -0.153. The fourth-order valence-electron chi connectivity index (χ4n) is 1.85. The molecule has 1 atom stereocenters. The summed E-state index contributed by atoms with van der Waals surface area (Å²) in [5.74, 6) is -0.966. The molecular weight excluding hydrogens is 336 g/mol. The minimum Gasteiger partial charge on any atom is -0.260 e. The number of nitrogens with zero attached hydrogens (tertiary/aromatic N) is 1. The van der Waals surface area contributed by atoms with Crippen LogP contribution in [-0.2, 0) is 10.0 Å². The van der Waals surface area contributed by atoms with Gasteiger partial charge in [0.1, 0.15) is 16.8 Å². The smallest absolute Gasteiger partial charge is 0.260 e. The molecule has 0 saturated carbocycles. The lowest BCUT2D eigenvalue weighted by Gasteiger charge is -2.22. The van der Waals surface area contributed by atoms with Crippen LogP contribution in [-0.4, -0.2) is 19.6 Å². The summed E-state index contributed by atoms with van der Waals surface area (Å²) in [5.41, 5.74) is 0.461. The number of hydrogen-bond donors (Lipinski definition) is 1. The van der Waals surface area contributed by atoms with Crippen LogP contribution in [0.1, 0.15) is 17.2 Å². The van der Waals surface area contributed by atoms with Gasteiger partial charge in [-0.25, -0.2) is 12.8 Å². The first-order valence-corrected chi connectivity index (χ1v) is 7.84. The van der Waals surface area contributed by atoms with Crippen LogP contribution in [0.4, 0.5) is 17.6 Å². The quantitative estimate of drug-likeness (QED) is 0.864. The normalized spacial score (nSPS) is 13.8. The molecule has 2 aromatic rings. The van der Waals surface area contributed by atoms with Crippen LogP contribution in [0, 0.1) is 12.7 Å². The van der Waals surface area contributed by atoms with Crippen molar-refractivity contribution in [1.29, 1.82) is 0 Å². The third kappa shape index (κ3) is 4.26. The number of halogens is 4. The van der Waals surface area contributed by atoms with Gasteiger partial charge in [0, 0.05) is 6.20 Å². The minimum absolute atomic E-state index is 0.268. The molecule has 9 heteroatoms. The fourth-order valence-corrected chi connectivity index (χ4v) is 3.03. The highest BCUT2D eigenvalue weighted by Crippen LogP contribution is 2.34. The van der Waals surface area contributed by atoms with Gasteiger partial charge >= 0.3 is 6.18 Å². The zero-order valence-electron chi connectivity index (χ0n) is 11.8. The third-order valence-electron chi connectivity index (χ3n) is 3.00. The second-order valence-electron chi connectivity index (χ2n) is 4.85. The van der Waals surface area contributed by atoms with Crippen LogP contribution in [0.25, 0.3) is 0 Å². The van der Waals surface area contributed by atoms with E-state index in [4.69, 9.17) is 0 Å². The molecule has 1 aromatic carbocycles. The van der Waals surface area contributed by atoms with Crippen LogP contribution < -0.4 is 4.72 Å². The van der Waals surface area contributed by atoms with Gasteiger partial charge in [-0.1, -0.05) is 29.8 Å². The van der Waals surface area contributed by atoms with Crippen LogP contribution in [0.5, 0.6) is 0 Å². The summed E-state index contributed by atoms with van der Waals surface area (Å²) >= 11 is 0. The SMILES string of the molecule is Cc1ccc([C@@H](NS(=O)(=O)c2cncc(F)c2)C(F)(F)F)cc1. The van der Waals surface area contributed by atoms with Gasteiger partial charge in [-0.2, -0.15) is 17.9 Å². The van der Waals surface area contributed by atoms with Crippen molar-refractivity contribution >= 4 is 10.0 Å². The molecule has 4 nitrogen and oxygen atoms in total. The topological polar surface area (TPSA) is 59.1 Å². The van der Waals surface area contributed by atoms with Gasteiger partial charge in [0.15, 0.2) is 0 Å². The Morgan fingerprint density at radius 2 is 1.74 bits per heavy atom. The highest BCUT2D eigenvalue weighted by atomic mass is 32.2. The molecule has 1 N–H and O–H groups in total. The Balaban J connectivity index is 2.40. The zero-order chi connectivity index (χ0) is 17.3. The van der Waals surface area contributed by atoms with Gasteiger partial charge in [-0.05, 0) is 18.6 Å². The summed E-state index contributed by atoms with van der Waals surface area (Å²) in [5, 5.41) is 0. The number of pyridine rings is 1. The predicted molar refractivity (Wildman–Crippen MR) is 74.5 cm³/mol. The lowest BCUT2D eigenvalue weighted by Crippen LogP contribution is -2.38. The Morgan fingerprint density at radius 3 is 2.26 bits per heavy atom. The summed E-state index contributed by atoms with van der Waals surface area (Å²) in [6.07, 6.45) is -3.34. The molecule has 23 heavy (non-hydrogen) atoms.